The summed E-state index contributed by atoms with van der Waals surface area (Å²) in [4.78, 5) is 23.2. The highest BCUT2D eigenvalue weighted by Gasteiger charge is 2.23. The van der Waals surface area contributed by atoms with Crippen molar-refractivity contribution in [2.45, 2.75) is 46.0 Å². The fourth-order valence-corrected chi connectivity index (χ4v) is 2.67. The molecule has 0 spiro atoms. The molecular formula is C19H27ClO5. The number of benzene rings is 1. The van der Waals surface area contributed by atoms with Crippen molar-refractivity contribution in [2.24, 2.45) is 5.92 Å². The third-order valence-electron chi connectivity index (χ3n) is 3.85. The van der Waals surface area contributed by atoms with Crippen LogP contribution in [0.4, 0.5) is 0 Å². The van der Waals surface area contributed by atoms with Crippen molar-refractivity contribution in [3.8, 4) is 11.5 Å². The van der Waals surface area contributed by atoms with Crippen molar-refractivity contribution < 1.29 is 23.8 Å². The highest BCUT2D eigenvalue weighted by atomic mass is 35.5. The molecule has 1 unspecified atom stereocenters. The molecular weight excluding hydrogens is 344 g/mol. The molecule has 1 aromatic carbocycles. The molecule has 0 aliphatic heterocycles. The summed E-state index contributed by atoms with van der Waals surface area (Å²) in [5.41, 5.74) is 0. The third kappa shape index (κ3) is 7.78. The Labute approximate surface area is 154 Å². The molecule has 25 heavy (non-hydrogen) atoms. The predicted molar refractivity (Wildman–Crippen MR) is 97.4 cm³/mol. The second-order valence-electron chi connectivity index (χ2n) is 5.76. The van der Waals surface area contributed by atoms with E-state index >= 15 is 0 Å². The van der Waals surface area contributed by atoms with Gasteiger partial charge in [0, 0.05) is 6.07 Å². The van der Waals surface area contributed by atoms with Gasteiger partial charge in [-0.25, -0.2) is 0 Å². The highest BCUT2D eigenvalue weighted by Crippen LogP contribution is 2.28. The first kappa shape index (κ1) is 21.3. The van der Waals surface area contributed by atoms with Gasteiger partial charge in [-0.05, 0) is 38.8 Å². The van der Waals surface area contributed by atoms with Gasteiger partial charge in [0.1, 0.15) is 23.2 Å². The minimum absolute atomic E-state index is 0.129. The molecule has 0 saturated carbocycles. The topological polar surface area (TPSA) is 61.8 Å². The van der Waals surface area contributed by atoms with Crippen LogP contribution < -0.4 is 9.47 Å². The minimum atomic E-state index is -0.630. The SMILES string of the molecule is CCOC(=O)C(CCCCCCOc1ccc(OC)cc1Cl)C(C)=O. The van der Waals surface area contributed by atoms with Crippen LogP contribution in [-0.4, -0.2) is 32.1 Å². The van der Waals surface area contributed by atoms with E-state index in [4.69, 9.17) is 25.8 Å². The summed E-state index contributed by atoms with van der Waals surface area (Å²) in [6, 6.07) is 5.31. The number of halogens is 1. The molecule has 0 amide bonds. The van der Waals surface area contributed by atoms with Gasteiger partial charge in [-0.15, -0.1) is 0 Å². The van der Waals surface area contributed by atoms with Crippen LogP contribution in [0.15, 0.2) is 18.2 Å². The van der Waals surface area contributed by atoms with Gasteiger partial charge in [-0.1, -0.05) is 30.9 Å². The van der Waals surface area contributed by atoms with Gasteiger partial charge in [0.15, 0.2) is 0 Å². The number of ether oxygens (including phenoxy) is 3. The molecule has 5 nitrogen and oxygen atoms in total. The maximum atomic E-state index is 11.7. The number of carbonyl (C=O) groups excluding carboxylic acids is 2. The lowest BCUT2D eigenvalue weighted by atomic mass is 9.97. The monoisotopic (exact) mass is 370 g/mol. The van der Waals surface area contributed by atoms with E-state index < -0.39 is 11.9 Å². The number of esters is 1. The molecule has 0 fully saturated rings. The molecule has 140 valence electrons. The van der Waals surface area contributed by atoms with E-state index in [0.717, 1.165) is 25.7 Å². The summed E-state index contributed by atoms with van der Waals surface area (Å²) in [5.74, 6) is 0.165. The van der Waals surface area contributed by atoms with E-state index in [9.17, 15) is 9.59 Å². The lowest BCUT2D eigenvalue weighted by Gasteiger charge is -2.12. The maximum Gasteiger partial charge on any atom is 0.316 e. The smallest absolute Gasteiger partial charge is 0.316 e. The fraction of sp³-hybridized carbons (Fsp3) is 0.579. The second kappa shape index (κ2) is 11.7. The van der Waals surface area contributed by atoms with E-state index in [2.05, 4.69) is 0 Å². The molecule has 0 aromatic heterocycles. The largest absolute Gasteiger partial charge is 0.497 e. The number of hydrogen-bond donors (Lipinski definition) is 0. The molecule has 1 atom stereocenters. The Kier molecular flexibility index (Phi) is 10.0. The van der Waals surface area contributed by atoms with Crippen LogP contribution in [0, 0.1) is 5.92 Å². The maximum absolute atomic E-state index is 11.7. The third-order valence-corrected chi connectivity index (χ3v) is 4.14. The van der Waals surface area contributed by atoms with Crippen LogP contribution in [0.2, 0.25) is 5.02 Å². The summed E-state index contributed by atoms with van der Waals surface area (Å²) in [5, 5.41) is 0.526. The number of hydrogen-bond acceptors (Lipinski definition) is 5. The average Bonchev–Trinajstić information content (AvgIpc) is 2.58. The van der Waals surface area contributed by atoms with Crippen molar-refractivity contribution in [3.05, 3.63) is 23.2 Å². The molecule has 0 heterocycles. The summed E-state index contributed by atoms with van der Waals surface area (Å²) in [6.45, 7) is 4.05. The van der Waals surface area contributed by atoms with Crippen LogP contribution >= 0.6 is 11.6 Å². The van der Waals surface area contributed by atoms with E-state index in [-0.39, 0.29) is 5.78 Å². The van der Waals surface area contributed by atoms with Crippen molar-refractivity contribution in [3.63, 3.8) is 0 Å². The van der Waals surface area contributed by atoms with Gasteiger partial charge in [0.2, 0.25) is 0 Å². The van der Waals surface area contributed by atoms with Crippen molar-refractivity contribution in [1.29, 1.82) is 0 Å². The van der Waals surface area contributed by atoms with Crippen LogP contribution in [0.3, 0.4) is 0 Å². The highest BCUT2D eigenvalue weighted by molar-refractivity contribution is 6.32. The van der Waals surface area contributed by atoms with Gasteiger partial charge in [-0.2, -0.15) is 0 Å². The molecule has 6 heteroatoms. The van der Waals surface area contributed by atoms with Crippen LogP contribution in [0.25, 0.3) is 0 Å². The Hall–Kier alpha value is -1.75. The number of rotatable bonds is 12. The first-order valence-corrected chi connectivity index (χ1v) is 9.00. The van der Waals surface area contributed by atoms with Gasteiger partial charge in [0.05, 0.1) is 25.3 Å². The minimum Gasteiger partial charge on any atom is -0.497 e. The summed E-state index contributed by atoms with van der Waals surface area (Å²) < 4.78 is 15.7. The van der Waals surface area contributed by atoms with E-state index in [1.165, 1.54) is 6.92 Å². The zero-order valence-electron chi connectivity index (χ0n) is 15.2. The molecule has 0 saturated heterocycles. The van der Waals surface area contributed by atoms with Crippen molar-refractivity contribution >= 4 is 23.4 Å². The van der Waals surface area contributed by atoms with Crippen LogP contribution in [-0.2, 0) is 14.3 Å². The van der Waals surface area contributed by atoms with E-state index in [1.54, 1.807) is 32.2 Å². The number of ketones is 1. The zero-order valence-corrected chi connectivity index (χ0v) is 15.9. The fourth-order valence-electron chi connectivity index (χ4n) is 2.44. The lowest BCUT2D eigenvalue weighted by Crippen LogP contribution is -2.24. The molecule has 1 aromatic rings. The summed E-state index contributed by atoms with van der Waals surface area (Å²) >= 11 is 6.11. The van der Waals surface area contributed by atoms with Crippen molar-refractivity contribution in [2.75, 3.05) is 20.3 Å². The second-order valence-corrected chi connectivity index (χ2v) is 6.17. The van der Waals surface area contributed by atoms with Crippen LogP contribution in [0.1, 0.15) is 46.0 Å². The lowest BCUT2D eigenvalue weighted by molar-refractivity contribution is -0.151. The number of unbranched alkanes of at least 4 members (excludes halogenated alkanes) is 3. The number of Topliss-reactive ketones (excluding diaryl/α,β-unsaturated/α-hetero) is 1. The van der Waals surface area contributed by atoms with Gasteiger partial charge < -0.3 is 14.2 Å². The molecule has 0 radical (unpaired) electrons. The molecule has 0 N–H and O–H groups in total. The normalized spacial score (nSPS) is 11.7. The van der Waals surface area contributed by atoms with E-state index in [0.29, 0.717) is 36.2 Å². The quantitative estimate of drug-likeness (QED) is 0.309. The zero-order chi connectivity index (χ0) is 18.7. The Morgan fingerprint density at radius 3 is 2.48 bits per heavy atom. The van der Waals surface area contributed by atoms with Crippen LogP contribution in [0.5, 0.6) is 11.5 Å². The standard InChI is InChI=1S/C19H27ClO5/c1-4-24-19(22)16(14(2)21)9-7-5-6-8-12-25-18-11-10-15(23-3)13-17(18)20/h10-11,13,16H,4-9,12H2,1-3H3. The molecule has 0 aliphatic rings. The first-order chi connectivity index (χ1) is 12.0. The number of methoxy groups -OCH3 is 1. The van der Waals surface area contributed by atoms with Gasteiger partial charge in [0.25, 0.3) is 0 Å². The number of carbonyl (C=O) groups is 2. The molecule has 0 bridgehead atoms. The summed E-state index contributed by atoms with van der Waals surface area (Å²) in [7, 11) is 1.59. The average molecular weight is 371 g/mol. The Morgan fingerprint density at radius 2 is 1.88 bits per heavy atom. The molecule has 1 rings (SSSR count). The Morgan fingerprint density at radius 1 is 1.16 bits per heavy atom. The van der Waals surface area contributed by atoms with Gasteiger partial charge >= 0.3 is 5.97 Å². The molecule has 0 aliphatic carbocycles. The van der Waals surface area contributed by atoms with E-state index in [1.807, 2.05) is 0 Å². The predicted octanol–water partition coefficient (Wildman–Crippen LogP) is 4.45. The van der Waals surface area contributed by atoms with Gasteiger partial charge in [-0.3, -0.25) is 9.59 Å². The van der Waals surface area contributed by atoms with Crippen molar-refractivity contribution in [1.82, 2.24) is 0 Å². The summed E-state index contributed by atoms with van der Waals surface area (Å²) in [6.07, 6.45) is 4.13. The Balaban J connectivity index is 2.21. The Bertz CT molecular complexity index is 559. The first-order valence-electron chi connectivity index (χ1n) is 8.63.